The molecule has 7 nitrogen and oxygen atoms in total. The maximum absolute atomic E-state index is 11.6. The Balaban J connectivity index is 4.46. The molecule has 7 heteroatoms. The number of carboxylic acids is 3. The SMILES string of the molecule is CCCCCCCC/C=C/CCCCCCCCC[N+](CC(C)C(=O)[O-])(CC(C)C(=O)O)CC(C)C(=O)O. The van der Waals surface area contributed by atoms with E-state index in [0.29, 0.717) is 6.54 Å². The van der Waals surface area contributed by atoms with E-state index in [0.717, 1.165) is 32.1 Å². The summed E-state index contributed by atoms with van der Waals surface area (Å²) in [5.74, 6) is -5.25. The van der Waals surface area contributed by atoms with Gasteiger partial charge in [-0.25, -0.2) is 0 Å². The Morgan fingerprint density at radius 3 is 1.39 bits per heavy atom. The summed E-state index contributed by atoms with van der Waals surface area (Å²) in [6, 6.07) is 0. The molecule has 0 spiro atoms. The van der Waals surface area contributed by atoms with Crippen molar-refractivity contribution in [3.8, 4) is 0 Å². The van der Waals surface area contributed by atoms with E-state index >= 15 is 0 Å². The van der Waals surface area contributed by atoms with E-state index in [2.05, 4.69) is 19.1 Å². The van der Waals surface area contributed by atoms with E-state index in [1.54, 1.807) is 20.8 Å². The molecule has 0 heterocycles. The molecule has 2 N–H and O–H groups in total. The fourth-order valence-electron chi connectivity index (χ4n) is 5.34. The number of carboxylic acid groups (broad SMARTS) is 3. The Labute approximate surface area is 232 Å². The van der Waals surface area contributed by atoms with Crippen LogP contribution in [0.15, 0.2) is 12.2 Å². The first-order chi connectivity index (χ1) is 18.0. The second kappa shape index (κ2) is 22.0. The normalized spacial score (nSPS) is 15.7. The molecule has 0 aromatic carbocycles. The number of unbranched alkanes of at least 4 members (excludes halogenated alkanes) is 13. The third-order valence-electron chi connectivity index (χ3n) is 7.62. The number of quaternary nitrogens is 1. The maximum Gasteiger partial charge on any atom is 0.311 e. The molecular formula is C31H57NO6. The lowest BCUT2D eigenvalue weighted by Crippen LogP contribution is -2.58. The Hall–Kier alpha value is -1.89. The van der Waals surface area contributed by atoms with Gasteiger partial charge in [-0.15, -0.1) is 0 Å². The number of hydrogen-bond donors (Lipinski definition) is 2. The van der Waals surface area contributed by atoms with E-state index < -0.39 is 35.7 Å². The molecule has 0 aliphatic heterocycles. The molecule has 0 aromatic heterocycles. The highest BCUT2D eigenvalue weighted by Crippen LogP contribution is 2.22. The first kappa shape index (κ1) is 36.1. The van der Waals surface area contributed by atoms with Crippen LogP contribution in [0.2, 0.25) is 0 Å². The summed E-state index contributed by atoms with van der Waals surface area (Å²) in [6.45, 7) is 8.22. The lowest BCUT2D eigenvalue weighted by atomic mass is 10.0. The van der Waals surface area contributed by atoms with Crippen molar-refractivity contribution in [1.82, 2.24) is 0 Å². The summed E-state index contributed by atoms with van der Waals surface area (Å²) < 4.78 is 0.182. The van der Waals surface area contributed by atoms with Crippen molar-refractivity contribution < 1.29 is 34.2 Å². The van der Waals surface area contributed by atoms with Gasteiger partial charge < -0.3 is 24.6 Å². The van der Waals surface area contributed by atoms with Crippen molar-refractivity contribution >= 4 is 17.9 Å². The molecule has 38 heavy (non-hydrogen) atoms. The predicted octanol–water partition coefficient (Wildman–Crippen LogP) is 6.06. The summed E-state index contributed by atoms with van der Waals surface area (Å²) in [5.41, 5.74) is 0. The number of nitrogens with zero attached hydrogens (tertiary/aromatic N) is 1. The topological polar surface area (TPSA) is 115 Å². The molecule has 0 aliphatic rings. The minimum Gasteiger partial charge on any atom is -0.550 e. The number of rotatable bonds is 26. The number of carbonyl (C=O) groups excluding carboxylic acids is 1. The van der Waals surface area contributed by atoms with Crippen LogP contribution in [0.1, 0.15) is 124 Å². The first-order valence-corrected chi connectivity index (χ1v) is 15.2. The average Bonchev–Trinajstić information content (AvgIpc) is 2.85. The summed E-state index contributed by atoms with van der Waals surface area (Å²) in [7, 11) is 0. The van der Waals surface area contributed by atoms with Gasteiger partial charge in [-0.2, -0.15) is 0 Å². The Morgan fingerprint density at radius 1 is 0.632 bits per heavy atom. The van der Waals surface area contributed by atoms with Gasteiger partial charge in [-0.3, -0.25) is 9.59 Å². The molecule has 3 unspecified atom stereocenters. The molecule has 0 aliphatic carbocycles. The van der Waals surface area contributed by atoms with Crippen LogP contribution < -0.4 is 5.11 Å². The molecular weight excluding hydrogens is 482 g/mol. The lowest BCUT2D eigenvalue weighted by Gasteiger charge is -2.43. The maximum atomic E-state index is 11.6. The summed E-state index contributed by atoms with van der Waals surface area (Å²) in [6.07, 6.45) is 22.7. The van der Waals surface area contributed by atoms with Gasteiger partial charge in [0.15, 0.2) is 0 Å². The second-order valence-electron chi connectivity index (χ2n) is 11.6. The zero-order chi connectivity index (χ0) is 28.8. The molecule has 0 amide bonds. The molecule has 222 valence electrons. The number of allylic oxidation sites excluding steroid dienone is 2. The zero-order valence-electron chi connectivity index (χ0n) is 24.8. The minimum absolute atomic E-state index is 0.182. The van der Waals surface area contributed by atoms with Gasteiger partial charge in [0.1, 0.15) is 11.8 Å². The Morgan fingerprint density at radius 2 is 1.00 bits per heavy atom. The fourth-order valence-corrected chi connectivity index (χ4v) is 5.34. The monoisotopic (exact) mass is 539 g/mol. The van der Waals surface area contributed by atoms with Gasteiger partial charge >= 0.3 is 11.9 Å². The van der Waals surface area contributed by atoms with Crippen molar-refractivity contribution in [2.75, 3.05) is 26.2 Å². The Bertz CT molecular complexity index is 622. The van der Waals surface area contributed by atoms with Gasteiger partial charge in [0.25, 0.3) is 0 Å². The van der Waals surface area contributed by atoms with Crippen LogP contribution in [-0.2, 0) is 14.4 Å². The van der Waals surface area contributed by atoms with Crippen molar-refractivity contribution in [2.24, 2.45) is 17.8 Å². The van der Waals surface area contributed by atoms with Crippen LogP contribution in [0.25, 0.3) is 0 Å². The van der Waals surface area contributed by atoms with Gasteiger partial charge in [-0.05, 0) is 52.4 Å². The van der Waals surface area contributed by atoms with Gasteiger partial charge in [-0.1, -0.05) is 83.8 Å². The average molecular weight is 540 g/mol. The van der Waals surface area contributed by atoms with Crippen molar-refractivity contribution in [2.45, 2.75) is 124 Å². The molecule has 0 saturated heterocycles. The lowest BCUT2D eigenvalue weighted by molar-refractivity contribution is -0.934. The summed E-state index contributed by atoms with van der Waals surface area (Å²) in [5, 5.41) is 30.5. The first-order valence-electron chi connectivity index (χ1n) is 15.2. The highest BCUT2D eigenvalue weighted by molar-refractivity contribution is 5.70. The van der Waals surface area contributed by atoms with Crippen molar-refractivity contribution in [3.05, 3.63) is 12.2 Å². The number of aliphatic carboxylic acids is 3. The predicted molar refractivity (Wildman–Crippen MR) is 152 cm³/mol. The van der Waals surface area contributed by atoms with Crippen LogP contribution in [0.3, 0.4) is 0 Å². The molecule has 0 rings (SSSR count). The third-order valence-corrected chi connectivity index (χ3v) is 7.62. The van der Waals surface area contributed by atoms with Crippen LogP contribution in [0.4, 0.5) is 0 Å². The second-order valence-corrected chi connectivity index (χ2v) is 11.6. The van der Waals surface area contributed by atoms with Gasteiger partial charge in [0, 0.05) is 11.9 Å². The van der Waals surface area contributed by atoms with E-state index in [-0.39, 0.29) is 24.1 Å². The van der Waals surface area contributed by atoms with E-state index in [9.17, 15) is 29.7 Å². The van der Waals surface area contributed by atoms with E-state index in [1.807, 2.05) is 0 Å². The number of hydrogen-bond acceptors (Lipinski definition) is 4. The van der Waals surface area contributed by atoms with E-state index in [1.165, 1.54) is 64.2 Å². The van der Waals surface area contributed by atoms with Crippen LogP contribution in [-0.4, -0.2) is 58.8 Å². The molecule has 0 fully saturated rings. The largest absolute Gasteiger partial charge is 0.550 e. The Kier molecular flexibility index (Phi) is 20.9. The number of carbonyl (C=O) groups is 3. The van der Waals surface area contributed by atoms with Crippen LogP contribution in [0, 0.1) is 17.8 Å². The van der Waals surface area contributed by atoms with Crippen LogP contribution >= 0.6 is 0 Å². The smallest absolute Gasteiger partial charge is 0.311 e. The summed E-state index contributed by atoms with van der Waals surface area (Å²) >= 11 is 0. The van der Waals surface area contributed by atoms with Crippen LogP contribution in [0.5, 0.6) is 0 Å². The highest BCUT2D eigenvalue weighted by Gasteiger charge is 2.36. The zero-order valence-corrected chi connectivity index (χ0v) is 24.8. The summed E-state index contributed by atoms with van der Waals surface area (Å²) in [4.78, 5) is 34.7. The molecule has 3 atom stereocenters. The third kappa shape index (κ3) is 18.4. The van der Waals surface area contributed by atoms with Crippen molar-refractivity contribution in [3.63, 3.8) is 0 Å². The molecule has 0 aromatic rings. The molecule has 0 bridgehead atoms. The van der Waals surface area contributed by atoms with E-state index in [4.69, 9.17) is 0 Å². The standard InChI is InChI=1S/C31H57NO6/c1-5-6-7-8-9-10-11-12-13-14-15-16-17-18-19-20-21-22-32(23-26(2)29(33)34,24-27(3)30(35)36)25-28(4)31(37)38/h12-13,26-28H,5-11,14-25H2,1-4H3,(H2-,33,34,35,36,37,38)/b13-12+. The van der Waals surface area contributed by atoms with Gasteiger partial charge in [0.2, 0.25) is 0 Å². The fraction of sp³-hybridized carbons (Fsp3) is 0.839. The molecule has 0 saturated carbocycles. The quantitative estimate of drug-likeness (QED) is 0.0784. The minimum atomic E-state index is -1.18. The van der Waals surface area contributed by atoms with Crippen molar-refractivity contribution in [1.29, 1.82) is 0 Å². The highest BCUT2D eigenvalue weighted by atomic mass is 16.4. The molecule has 0 radical (unpaired) electrons. The van der Waals surface area contributed by atoms with Gasteiger partial charge in [0.05, 0.1) is 26.2 Å².